The third kappa shape index (κ3) is 3.69. The van der Waals surface area contributed by atoms with Gasteiger partial charge in [-0.15, -0.1) is 0 Å². The van der Waals surface area contributed by atoms with E-state index < -0.39 is 0 Å². The van der Waals surface area contributed by atoms with E-state index in [1.165, 1.54) is 0 Å². The molecule has 1 saturated heterocycles. The van der Waals surface area contributed by atoms with Gasteiger partial charge in [0, 0.05) is 34.1 Å². The second-order valence-electron chi connectivity index (χ2n) is 6.82. The molecule has 3 aromatic carbocycles. The second kappa shape index (κ2) is 6.99. The van der Waals surface area contributed by atoms with Crippen LogP contribution in [-0.4, -0.2) is 20.0 Å². The summed E-state index contributed by atoms with van der Waals surface area (Å²) in [6.07, 6.45) is 0. The van der Waals surface area contributed by atoms with Gasteiger partial charge in [0.25, 0.3) is 0 Å². The maximum absolute atomic E-state index is 5.86. The van der Waals surface area contributed by atoms with Crippen molar-refractivity contribution in [2.75, 3.05) is 51.9 Å². The predicted molar refractivity (Wildman–Crippen MR) is 115 cm³/mol. The van der Waals surface area contributed by atoms with E-state index in [4.69, 9.17) is 17.2 Å². The van der Waals surface area contributed by atoms with Crippen LogP contribution >= 0.6 is 0 Å². The van der Waals surface area contributed by atoms with Crippen LogP contribution in [0, 0.1) is 0 Å². The van der Waals surface area contributed by atoms with Gasteiger partial charge in [-0.1, -0.05) is 0 Å². The van der Waals surface area contributed by atoms with Gasteiger partial charge in [-0.25, -0.2) is 0 Å². The van der Waals surface area contributed by atoms with Crippen LogP contribution in [0.5, 0.6) is 0 Å². The van der Waals surface area contributed by atoms with Gasteiger partial charge < -0.3 is 31.9 Å². The van der Waals surface area contributed by atoms with Crippen LogP contribution in [0.3, 0.4) is 0 Å². The van der Waals surface area contributed by atoms with E-state index in [0.29, 0.717) is 0 Å². The van der Waals surface area contributed by atoms with Gasteiger partial charge in [-0.2, -0.15) is 0 Å². The average Bonchev–Trinajstić information content (AvgIpc) is 2.69. The second-order valence-corrected chi connectivity index (χ2v) is 6.82. The molecule has 138 valence electrons. The van der Waals surface area contributed by atoms with Gasteiger partial charge in [0.05, 0.1) is 20.0 Å². The van der Waals surface area contributed by atoms with Gasteiger partial charge >= 0.3 is 0 Å². The molecule has 6 nitrogen and oxygen atoms in total. The monoisotopic (exact) mass is 360 g/mol. The Bertz CT molecular complexity index is 761. The zero-order chi connectivity index (χ0) is 18.8. The highest BCUT2D eigenvalue weighted by molar-refractivity contribution is 5.62. The maximum atomic E-state index is 5.86. The van der Waals surface area contributed by atoms with Crippen molar-refractivity contribution >= 4 is 34.1 Å². The average molecular weight is 360 g/mol. The summed E-state index contributed by atoms with van der Waals surface area (Å²) in [4.78, 5) is 6.95. The summed E-state index contributed by atoms with van der Waals surface area (Å²) in [5.74, 6) is 0. The fraction of sp³-hybridized carbons (Fsp3) is 0.143. The van der Waals surface area contributed by atoms with E-state index in [-0.39, 0.29) is 0 Å². The molecule has 0 atom stereocenters. The minimum atomic E-state index is 0.765. The summed E-state index contributed by atoms with van der Waals surface area (Å²) < 4.78 is 0. The predicted octanol–water partition coefficient (Wildman–Crippen LogP) is 3.14. The Labute approximate surface area is 159 Å². The molecule has 27 heavy (non-hydrogen) atoms. The van der Waals surface area contributed by atoms with Crippen molar-refractivity contribution in [3.8, 4) is 0 Å². The van der Waals surface area contributed by atoms with E-state index in [9.17, 15) is 0 Å². The smallest absolute Gasteiger partial charge is 0.0937 e. The molecule has 1 aliphatic heterocycles. The van der Waals surface area contributed by atoms with Crippen LogP contribution in [0.25, 0.3) is 0 Å². The van der Waals surface area contributed by atoms with Crippen molar-refractivity contribution in [3.63, 3.8) is 0 Å². The highest BCUT2D eigenvalue weighted by Crippen LogP contribution is 2.27. The van der Waals surface area contributed by atoms with E-state index in [1.54, 1.807) is 0 Å². The lowest BCUT2D eigenvalue weighted by atomic mass is 10.2. The Morgan fingerprint density at radius 3 is 0.852 bits per heavy atom. The molecule has 0 bridgehead atoms. The number of nitrogens with two attached hydrogens (primary N) is 3. The quantitative estimate of drug-likeness (QED) is 0.622. The number of anilines is 6. The van der Waals surface area contributed by atoms with Crippen molar-refractivity contribution < 1.29 is 0 Å². The van der Waals surface area contributed by atoms with Crippen LogP contribution in [-0.2, 0) is 0 Å². The topological polar surface area (TPSA) is 87.8 Å². The molecule has 6 heteroatoms. The lowest BCUT2D eigenvalue weighted by molar-refractivity contribution is 0.611. The normalized spacial score (nSPS) is 14.4. The number of hydrogen-bond acceptors (Lipinski definition) is 6. The molecule has 3 aromatic rings. The summed E-state index contributed by atoms with van der Waals surface area (Å²) in [6.45, 7) is 2.33. The summed E-state index contributed by atoms with van der Waals surface area (Å²) >= 11 is 0. The summed E-state index contributed by atoms with van der Waals surface area (Å²) in [7, 11) is 0. The maximum Gasteiger partial charge on any atom is 0.0937 e. The standard InChI is InChI=1S/C21H24N6/c22-16-1-7-19(8-2-16)25-13-26(20-9-3-17(23)4-10-20)15-27(14-25)21-11-5-18(24)6-12-21/h1-12H,13-15,22-24H2. The number of nitrogen functional groups attached to an aromatic ring is 3. The van der Waals surface area contributed by atoms with Crippen LogP contribution < -0.4 is 31.9 Å². The summed E-state index contributed by atoms with van der Waals surface area (Å²) in [6, 6.07) is 24.0. The van der Waals surface area contributed by atoms with Gasteiger partial charge in [-0.05, 0) is 72.8 Å². The number of rotatable bonds is 3. The third-order valence-corrected chi connectivity index (χ3v) is 4.80. The van der Waals surface area contributed by atoms with E-state index >= 15 is 0 Å². The molecule has 0 spiro atoms. The van der Waals surface area contributed by atoms with Crippen molar-refractivity contribution in [2.24, 2.45) is 0 Å². The first-order valence-corrected chi connectivity index (χ1v) is 8.90. The molecule has 0 unspecified atom stereocenters. The molecular weight excluding hydrogens is 336 g/mol. The number of benzene rings is 3. The third-order valence-electron chi connectivity index (χ3n) is 4.80. The van der Waals surface area contributed by atoms with E-state index in [2.05, 4.69) is 51.1 Å². The van der Waals surface area contributed by atoms with Crippen molar-refractivity contribution in [1.82, 2.24) is 0 Å². The molecular formula is C21H24N6. The zero-order valence-electron chi connectivity index (χ0n) is 15.1. The van der Waals surface area contributed by atoms with Gasteiger partial charge in [-0.3, -0.25) is 0 Å². The minimum absolute atomic E-state index is 0.765. The number of nitrogens with zero attached hydrogens (tertiary/aromatic N) is 3. The van der Waals surface area contributed by atoms with Gasteiger partial charge in [0.2, 0.25) is 0 Å². The lowest BCUT2D eigenvalue weighted by Gasteiger charge is -2.45. The number of hydrogen-bond donors (Lipinski definition) is 3. The minimum Gasteiger partial charge on any atom is -0.399 e. The van der Waals surface area contributed by atoms with Crippen LogP contribution in [0.2, 0.25) is 0 Å². The molecule has 4 rings (SSSR count). The molecule has 0 amide bonds. The Balaban J connectivity index is 1.66. The van der Waals surface area contributed by atoms with Gasteiger partial charge in [0.15, 0.2) is 0 Å². The molecule has 0 saturated carbocycles. The molecule has 0 aromatic heterocycles. The Morgan fingerprint density at radius 1 is 0.407 bits per heavy atom. The zero-order valence-corrected chi connectivity index (χ0v) is 15.1. The highest BCUT2D eigenvalue weighted by atomic mass is 15.5. The molecule has 0 radical (unpaired) electrons. The Kier molecular flexibility index (Phi) is 4.38. The van der Waals surface area contributed by atoms with Crippen LogP contribution in [0.15, 0.2) is 72.8 Å². The van der Waals surface area contributed by atoms with Gasteiger partial charge in [0.1, 0.15) is 0 Å². The molecule has 0 aliphatic carbocycles. The molecule has 1 fully saturated rings. The van der Waals surface area contributed by atoms with Crippen LogP contribution in [0.4, 0.5) is 34.1 Å². The van der Waals surface area contributed by atoms with Crippen molar-refractivity contribution in [3.05, 3.63) is 72.8 Å². The first kappa shape index (κ1) is 16.9. The summed E-state index contributed by atoms with van der Waals surface area (Å²) in [5, 5.41) is 0. The molecule has 1 aliphatic rings. The largest absolute Gasteiger partial charge is 0.399 e. The van der Waals surface area contributed by atoms with Crippen LogP contribution in [0.1, 0.15) is 0 Å². The van der Waals surface area contributed by atoms with E-state index in [0.717, 1.165) is 54.1 Å². The SMILES string of the molecule is Nc1ccc(N2CN(c3ccc(N)cc3)CN(c3ccc(N)cc3)C2)cc1. The van der Waals surface area contributed by atoms with Crippen molar-refractivity contribution in [1.29, 1.82) is 0 Å². The Morgan fingerprint density at radius 2 is 0.630 bits per heavy atom. The fourth-order valence-corrected chi connectivity index (χ4v) is 3.30. The first-order chi connectivity index (χ1) is 13.1. The summed E-state index contributed by atoms with van der Waals surface area (Å²) in [5.41, 5.74) is 23.3. The molecule has 1 heterocycles. The van der Waals surface area contributed by atoms with Crippen molar-refractivity contribution in [2.45, 2.75) is 0 Å². The molecule has 6 N–H and O–H groups in total. The lowest BCUT2D eigenvalue weighted by Crippen LogP contribution is -2.55. The van der Waals surface area contributed by atoms with E-state index in [1.807, 2.05) is 36.4 Å². The highest BCUT2D eigenvalue weighted by Gasteiger charge is 2.24. The first-order valence-electron chi connectivity index (χ1n) is 8.90. The Hall–Kier alpha value is -3.54. The fourth-order valence-electron chi connectivity index (χ4n) is 3.30.